The van der Waals surface area contributed by atoms with E-state index < -0.39 is 10.0 Å². The number of hydrogen-bond donors (Lipinski definition) is 0. The first kappa shape index (κ1) is 26.1. The van der Waals surface area contributed by atoms with E-state index in [1.165, 1.54) is 23.5 Å². The minimum absolute atomic E-state index is 0.0749. The number of methoxy groups -OCH3 is 1. The smallest absolute Gasteiger partial charge is 0.243 e. The largest absolute Gasteiger partial charge is 0.497 e. The molecule has 0 spiro atoms. The normalized spacial score (nSPS) is 11.3. The van der Waals surface area contributed by atoms with Crippen LogP contribution < -0.4 is 4.74 Å². The fourth-order valence-corrected chi connectivity index (χ4v) is 5.38. The fraction of sp³-hybridized carbons (Fsp3) is 0.167. The van der Waals surface area contributed by atoms with Crippen molar-refractivity contribution in [2.45, 2.75) is 24.5 Å². The molecule has 0 heterocycles. The molecule has 0 N–H and O–H groups in total. The van der Waals surface area contributed by atoms with Gasteiger partial charge in [-0.15, -0.1) is 0 Å². The molecule has 0 aliphatic heterocycles. The van der Waals surface area contributed by atoms with E-state index in [2.05, 4.69) is 0 Å². The maximum absolute atomic E-state index is 13.7. The highest BCUT2D eigenvalue weighted by atomic mass is 32.2. The van der Waals surface area contributed by atoms with Gasteiger partial charge in [0, 0.05) is 19.6 Å². The Hall–Kier alpha value is -3.94. The zero-order chi connectivity index (χ0) is 26.1. The number of nitrogens with zero attached hydrogens (tertiary/aromatic N) is 2. The molecular formula is C30H30N2O4S. The Morgan fingerprint density at radius 1 is 0.649 bits per heavy atom. The summed E-state index contributed by atoms with van der Waals surface area (Å²) < 4.78 is 33.9. The van der Waals surface area contributed by atoms with E-state index >= 15 is 0 Å². The topological polar surface area (TPSA) is 66.9 Å². The van der Waals surface area contributed by atoms with Gasteiger partial charge in [0.2, 0.25) is 15.9 Å². The molecule has 190 valence electrons. The van der Waals surface area contributed by atoms with Gasteiger partial charge in [0.05, 0.1) is 18.6 Å². The van der Waals surface area contributed by atoms with Crippen LogP contribution in [0.2, 0.25) is 0 Å². The van der Waals surface area contributed by atoms with Crippen LogP contribution >= 0.6 is 0 Å². The van der Waals surface area contributed by atoms with Crippen molar-refractivity contribution < 1.29 is 17.9 Å². The van der Waals surface area contributed by atoms with E-state index in [1.807, 2.05) is 91.0 Å². The number of sulfonamides is 1. The lowest BCUT2D eigenvalue weighted by molar-refractivity contribution is -0.132. The molecule has 4 aromatic rings. The summed E-state index contributed by atoms with van der Waals surface area (Å²) in [6.45, 7) is 0.529. The third-order valence-corrected chi connectivity index (χ3v) is 7.80. The van der Waals surface area contributed by atoms with Crippen LogP contribution in [0.15, 0.2) is 120 Å². The predicted octanol–water partition coefficient (Wildman–Crippen LogP) is 5.12. The van der Waals surface area contributed by atoms with Gasteiger partial charge in [-0.25, -0.2) is 8.42 Å². The van der Waals surface area contributed by atoms with E-state index in [0.717, 1.165) is 16.7 Å². The first-order valence-corrected chi connectivity index (χ1v) is 13.4. The van der Waals surface area contributed by atoms with Gasteiger partial charge in [-0.1, -0.05) is 91.0 Å². The van der Waals surface area contributed by atoms with Crippen molar-refractivity contribution in [3.63, 3.8) is 0 Å². The van der Waals surface area contributed by atoms with Crippen molar-refractivity contribution in [3.05, 3.63) is 132 Å². The zero-order valence-electron chi connectivity index (χ0n) is 20.7. The van der Waals surface area contributed by atoms with Gasteiger partial charge in [0.15, 0.2) is 0 Å². The minimum Gasteiger partial charge on any atom is -0.497 e. The maximum Gasteiger partial charge on any atom is 0.243 e. The van der Waals surface area contributed by atoms with E-state index in [1.54, 1.807) is 17.0 Å². The molecule has 37 heavy (non-hydrogen) atoms. The van der Waals surface area contributed by atoms with Crippen LogP contribution in [0, 0.1) is 0 Å². The number of carbonyl (C=O) groups excluding carboxylic acids is 1. The number of rotatable bonds is 11. The van der Waals surface area contributed by atoms with Crippen molar-refractivity contribution >= 4 is 15.9 Å². The van der Waals surface area contributed by atoms with Gasteiger partial charge in [-0.2, -0.15) is 4.31 Å². The average Bonchev–Trinajstić information content (AvgIpc) is 2.94. The summed E-state index contributed by atoms with van der Waals surface area (Å²) in [7, 11) is -2.44. The van der Waals surface area contributed by atoms with Gasteiger partial charge in [-0.05, 0) is 41.0 Å². The molecule has 6 nitrogen and oxygen atoms in total. The lowest BCUT2D eigenvalue weighted by atomic mass is 10.1. The van der Waals surface area contributed by atoms with Crippen LogP contribution in [0.5, 0.6) is 5.75 Å². The second-order valence-corrected chi connectivity index (χ2v) is 10.6. The standard InChI is InChI=1S/C30H30N2O4S/c1-36-28-17-19-29(20-18-28)37(34,35)32(23-27-15-9-4-10-16-27)24-30(33)31(21-25-11-5-2-6-12-25)22-26-13-7-3-8-14-26/h2-20H,21-24H2,1H3. The van der Waals surface area contributed by atoms with Crippen LogP contribution in [0.3, 0.4) is 0 Å². The zero-order valence-corrected chi connectivity index (χ0v) is 21.6. The summed E-state index contributed by atoms with van der Waals surface area (Å²) in [4.78, 5) is 15.5. The Balaban J connectivity index is 1.64. The molecule has 0 saturated heterocycles. The van der Waals surface area contributed by atoms with E-state index in [4.69, 9.17) is 4.74 Å². The fourth-order valence-electron chi connectivity index (χ4n) is 4.00. The molecule has 0 radical (unpaired) electrons. The molecule has 0 atom stereocenters. The predicted molar refractivity (Wildman–Crippen MR) is 144 cm³/mol. The van der Waals surface area contributed by atoms with Crippen molar-refractivity contribution in [2.75, 3.05) is 13.7 Å². The van der Waals surface area contributed by atoms with Crippen LogP contribution in [-0.2, 0) is 34.5 Å². The molecule has 0 aliphatic rings. The molecule has 0 aliphatic carbocycles. The second kappa shape index (κ2) is 12.3. The molecule has 0 saturated carbocycles. The van der Waals surface area contributed by atoms with Crippen molar-refractivity contribution in [1.29, 1.82) is 0 Å². The molecule has 0 unspecified atom stereocenters. The number of amides is 1. The molecular weight excluding hydrogens is 484 g/mol. The second-order valence-electron chi connectivity index (χ2n) is 8.66. The Kier molecular flexibility index (Phi) is 8.72. The van der Waals surface area contributed by atoms with E-state index in [9.17, 15) is 13.2 Å². The van der Waals surface area contributed by atoms with Gasteiger partial charge in [0.1, 0.15) is 5.75 Å². The lowest BCUT2D eigenvalue weighted by Gasteiger charge is -2.28. The summed E-state index contributed by atoms with van der Waals surface area (Å²) in [5.41, 5.74) is 2.74. The van der Waals surface area contributed by atoms with Crippen LogP contribution in [0.25, 0.3) is 0 Å². The Labute approximate surface area is 218 Å². The molecule has 4 aromatic carbocycles. The van der Waals surface area contributed by atoms with Gasteiger partial charge in [-0.3, -0.25) is 4.79 Å². The molecule has 0 fully saturated rings. The highest BCUT2D eigenvalue weighted by molar-refractivity contribution is 7.89. The van der Waals surface area contributed by atoms with Gasteiger partial charge in [0.25, 0.3) is 0 Å². The number of ether oxygens (including phenoxy) is 1. The first-order chi connectivity index (χ1) is 18.0. The SMILES string of the molecule is COc1ccc(S(=O)(=O)N(CC(=O)N(Cc2ccccc2)Cc2ccccc2)Cc2ccccc2)cc1. The molecule has 4 rings (SSSR count). The molecule has 0 aromatic heterocycles. The minimum atomic E-state index is -3.97. The Morgan fingerprint density at radius 2 is 1.08 bits per heavy atom. The van der Waals surface area contributed by atoms with E-state index in [-0.39, 0.29) is 23.9 Å². The van der Waals surface area contributed by atoms with Gasteiger partial charge < -0.3 is 9.64 Å². The highest BCUT2D eigenvalue weighted by Crippen LogP contribution is 2.22. The van der Waals surface area contributed by atoms with E-state index in [0.29, 0.717) is 18.8 Å². The van der Waals surface area contributed by atoms with Crippen molar-refractivity contribution in [2.24, 2.45) is 0 Å². The van der Waals surface area contributed by atoms with Crippen LogP contribution in [0.4, 0.5) is 0 Å². The summed E-state index contributed by atoms with van der Waals surface area (Å²) in [6.07, 6.45) is 0. The van der Waals surface area contributed by atoms with Crippen LogP contribution in [0.1, 0.15) is 16.7 Å². The third kappa shape index (κ3) is 7.06. The molecule has 7 heteroatoms. The lowest BCUT2D eigenvalue weighted by Crippen LogP contribution is -2.42. The average molecular weight is 515 g/mol. The Morgan fingerprint density at radius 3 is 1.51 bits per heavy atom. The monoisotopic (exact) mass is 514 g/mol. The third-order valence-electron chi connectivity index (χ3n) is 6.00. The van der Waals surface area contributed by atoms with Crippen LogP contribution in [-0.4, -0.2) is 37.2 Å². The molecule has 0 bridgehead atoms. The Bertz CT molecular complexity index is 1340. The quantitative estimate of drug-likeness (QED) is 0.279. The highest BCUT2D eigenvalue weighted by Gasteiger charge is 2.29. The maximum atomic E-state index is 13.7. The van der Waals surface area contributed by atoms with Crippen molar-refractivity contribution in [3.8, 4) is 5.75 Å². The van der Waals surface area contributed by atoms with Gasteiger partial charge >= 0.3 is 0 Å². The first-order valence-electron chi connectivity index (χ1n) is 12.0. The summed E-state index contributed by atoms with van der Waals surface area (Å²) >= 11 is 0. The summed E-state index contributed by atoms with van der Waals surface area (Å²) in [5, 5.41) is 0. The molecule has 1 amide bonds. The summed E-state index contributed by atoms with van der Waals surface area (Å²) in [6, 6.07) is 34.9. The summed E-state index contributed by atoms with van der Waals surface area (Å²) in [5.74, 6) is 0.280. The number of carbonyl (C=O) groups is 1. The number of benzene rings is 4. The van der Waals surface area contributed by atoms with Crippen molar-refractivity contribution in [1.82, 2.24) is 9.21 Å². The number of hydrogen-bond acceptors (Lipinski definition) is 4.